The first-order chi connectivity index (χ1) is 13.5. The van der Waals surface area contributed by atoms with Gasteiger partial charge in [-0.2, -0.15) is 0 Å². The Morgan fingerprint density at radius 3 is 1.82 bits per heavy atom. The summed E-state index contributed by atoms with van der Waals surface area (Å²) in [5, 5.41) is 5.90. The highest BCUT2D eigenvalue weighted by Gasteiger charge is 2.21. The van der Waals surface area contributed by atoms with E-state index >= 15 is 0 Å². The number of carbonyl (C=O) groups is 2. The lowest BCUT2D eigenvalue weighted by molar-refractivity contribution is -0.120. The molecule has 28 heavy (non-hydrogen) atoms. The third-order valence-corrected chi connectivity index (χ3v) is 4.82. The van der Waals surface area contributed by atoms with Crippen LogP contribution in [0.1, 0.15) is 0 Å². The molecule has 2 aromatic carbocycles. The smallest absolute Gasteiger partial charge is 0.238 e. The molecule has 2 N–H and O–H groups in total. The highest BCUT2D eigenvalue weighted by molar-refractivity contribution is 6.33. The molecule has 2 amide bonds. The van der Waals surface area contributed by atoms with Crippen molar-refractivity contribution in [3.05, 3.63) is 59.4 Å². The third kappa shape index (κ3) is 5.76. The van der Waals surface area contributed by atoms with Gasteiger partial charge in [-0.1, -0.05) is 35.9 Å². The van der Waals surface area contributed by atoms with Gasteiger partial charge in [0.15, 0.2) is 0 Å². The number of carbonyl (C=O) groups excluding carboxylic acids is 2. The molecule has 0 radical (unpaired) electrons. The maximum absolute atomic E-state index is 13.6. The number of nitrogens with zero attached hydrogens (tertiary/aromatic N) is 2. The van der Waals surface area contributed by atoms with E-state index in [9.17, 15) is 14.0 Å². The minimum Gasteiger partial charge on any atom is -0.324 e. The van der Waals surface area contributed by atoms with Crippen molar-refractivity contribution in [1.29, 1.82) is 0 Å². The first kappa shape index (κ1) is 20.3. The average Bonchev–Trinajstić information content (AvgIpc) is 2.67. The Labute approximate surface area is 168 Å². The lowest BCUT2D eigenvalue weighted by Gasteiger charge is -2.33. The Bertz CT molecular complexity index is 771. The van der Waals surface area contributed by atoms with Crippen LogP contribution < -0.4 is 10.6 Å². The number of nitrogens with one attached hydrogen (secondary N) is 2. The second-order valence-electron chi connectivity index (χ2n) is 6.61. The highest BCUT2D eigenvalue weighted by atomic mass is 35.5. The Morgan fingerprint density at radius 2 is 1.29 bits per heavy atom. The van der Waals surface area contributed by atoms with Crippen molar-refractivity contribution in [2.45, 2.75) is 0 Å². The predicted molar refractivity (Wildman–Crippen MR) is 108 cm³/mol. The van der Waals surface area contributed by atoms with Crippen molar-refractivity contribution >= 4 is 34.8 Å². The van der Waals surface area contributed by atoms with Crippen LogP contribution in [0.4, 0.5) is 15.8 Å². The van der Waals surface area contributed by atoms with E-state index in [1.165, 1.54) is 12.1 Å². The van der Waals surface area contributed by atoms with Crippen molar-refractivity contribution < 1.29 is 14.0 Å². The third-order valence-electron chi connectivity index (χ3n) is 4.50. The van der Waals surface area contributed by atoms with Gasteiger partial charge in [-0.3, -0.25) is 19.4 Å². The molecule has 1 saturated heterocycles. The molecule has 0 atom stereocenters. The molecule has 148 valence electrons. The van der Waals surface area contributed by atoms with Crippen LogP contribution in [-0.2, 0) is 9.59 Å². The van der Waals surface area contributed by atoms with Crippen molar-refractivity contribution in [3.8, 4) is 0 Å². The highest BCUT2D eigenvalue weighted by Crippen LogP contribution is 2.20. The molecule has 0 bridgehead atoms. The molecule has 0 spiro atoms. The van der Waals surface area contributed by atoms with Crippen LogP contribution in [0.15, 0.2) is 48.5 Å². The summed E-state index contributed by atoms with van der Waals surface area (Å²) < 4.78 is 13.6. The van der Waals surface area contributed by atoms with E-state index in [1.54, 1.807) is 30.3 Å². The van der Waals surface area contributed by atoms with E-state index < -0.39 is 5.82 Å². The summed E-state index contributed by atoms with van der Waals surface area (Å²) in [6.45, 7) is 3.11. The molecule has 0 unspecified atom stereocenters. The lowest BCUT2D eigenvalue weighted by atomic mass is 10.2. The summed E-state index contributed by atoms with van der Waals surface area (Å²) in [5.41, 5.74) is 0.778. The van der Waals surface area contributed by atoms with Gasteiger partial charge >= 0.3 is 0 Å². The Kier molecular flexibility index (Phi) is 6.97. The fourth-order valence-corrected chi connectivity index (χ4v) is 3.20. The number of amides is 2. The normalized spacial score (nSPS) is 15.2. The van der Waals surface area contributed by atoms with Gasteiger partial charge in [0, 0.05) is 26.2 Å². The predicted octanol–water partition coefficient (Wildman–Crippen LogP) is 2.67. The van der Waals surface area contributed by atoms with Gasteiger partial charge in [-0.25, -0.2) is 4.39 Å². The van der Waals surface area contributed by atoms with Gasteiger partial charge in [-0.05, 0) is 24.3 Å². The Morgan fingerprint density at radius 1 is 0.821 bits per heavy atom. The summed E-state index contributed by atoms with van der Waals surface area (Å²) in [7, 11) is 0. The van der Waals surface area contributed by atoms with Crippen LogP contribution in [0.5, 0.6) is 0 Å². The maximum atomic E-state index is 13.6. The van der Waals surface area contributed by atoms with Gasteiger partial charge in [0.2, 0.25) is 11.8 Å². The number of benzene rings is 2. The fraction of sp³-hybridized carbons (Fsp3) is 0.300. The second-order valence-corrected chi connectivity index (χ2v) is 7.02. The van der Waals surface area contributed by atoms with Crippen molar-refractivity contribution in [3.63, 3.8) is 0 Å². The topological polar surface area (TPSA) is 64.7 Å². The van der Waals surface area contributed by atoms with E-state index in [0.29, 0.717) is 36.9 Å². The molecule has 0 saturated carbocycles. The average molecular weight is 405 g/mol. The van der Waals surface area contributed by atoms with Crippen LogP contribution in [0.2, 0.25) is 5.02 Å². The van der Waals surface area contributed by atoms with Crippen molar-refractivity contribution in [1.82, 2.24) is 9.80 Å². The van der Waals surface area contributed by atoms with Gasteiger partial charge in [0.1, 0.15) is 5.82 Å². The Balaban J connectivity index is 1.40. The zero-order chi connectivity index (χ0) is 19.9. The summed E-state index contributed by atoms with van der Waals surface area (Å²) in [5.74, 6) is -0.834. The zero-order valence-corrected chi connectivity index (χ0v) is 16.1. The minimum atomic E-state index is -0.454. The summed E-state index contributed by atoms with van der Waals surface area (Å²) in [4.78, 5) is 28.3. The van der Waals surface area contributed by atoms with E-state index in [-0.39, 0.29) is 30.6 Å². The Hall–Kier alpha value is -2.48. The molecule has 8 heteroatoms. The molecule has 1 heterocycles. The summed E-state index contributed by atoms with van der Waals surface area (Å²) in [6, 6.07) is 13.2. The summed E-state index contributed by atoms with van der Waals surface area (Å²) >= 11 is 6.05. The first-order valence-electron chi connectivity index (χ1n) is 9.05. The van der Waals surface area contributed by atoms with E-state index in [0.717, 1.165) is 0 Å². The molecular formula is C20H22ClFN4O2. The zero-order valence-electron chi connectivity index (χ0n) is 15.3. The van der Waals surface area contributed by atoms with Crippen molar-refractivity contribution in [2.75, 3.05) is 49.9 Å². The monoisotopic (exact) mass is 404 g/mol. The largest absolute Gasteiger partial charge is 0.324 e. The molecule has 3 rings (SSSR count). The van der Waals surface area contributed by atoms with Crippen LogP contribution in [0.3, 0.4) is 0 Å². The molecule has 1 aliphatic rings. The molecule has 6 nitrogen and oxygen atoms in total. The number of hydrogen-bond acceptors (Lipinski definition) is 4. The van der Waals surface area contributed by atoms with Crippen LogP contribution in [-0.4, -0.2) is 60.9 Å². The lowest BCUT2D eigenvalue weighted by Crippen LogP contribution is -2.50. The number of halogens is 2. The number of rotatable bonds is 6. The van der Waals surface area contributed by atoms with E-state index in [4.69, 9.17) is 11.6 Å². The molecule has 1 fully saturated rings. The molecule has 2 aromatic rings. The van der Waals surface area contributed by atoms with Crippen LogP contribution >= 0.6 is 11.6 Å². The van der Waals surface area contributed by atoms with Crippen LogP contribution in [0, 0.1) is 5.82 Å². The van der Waals surface area contributed by atoms with Gasteiger partial charge in [0.25, 0.3) is 0 Å². The van der Waals surface area contributed by atoms with Crippen molar-refractivity contribution in [2.24, 2.45) is 0 Å². The van der Waals surface area contributed by atoms with Gasteiger partial charge in [0.05, 0.1) is 29.5 Å². The number of para-hydroxylation sites is 2. The molecule has 0 aromatic heterocycles. The number of anilines is 2. The first-order valence-corrected chi connectivity index (χ1v) is 9.42. The summed E-state index contributed by atoms with van der Waals surface area (Å²) in [6.07, 6.45) is 0. The van der Waals surface area contributed by atoms with Gasteiger partial charge in [-0.15, -0.1) is 0 Å². The van der Waals surface area contributed by atoms with E-state index in [1.807, 2.05) is 15.9 Å². The standard InChI is InChI=1S/C20H22ClFN4O2/c21-15-5-1-3-7-17(15)23-19(27)13-25-9-11-26(12-10-25)14-20(28)24-18-8-4-2-6-16(18)22/h1-8H,9-14H2,(H,23,27)(H,24,28). The SMILES string of the molecule is O=C(CN1CCN(CC(=O)Nc2ccccc2Cl)CC1)Nc1ccccc1F. The quantitative estimate of drug-likeness (QED) is 0.777. The molecule has 0 aliphatic carbocycles. The maximum Gasteiger partial charge on any atom is 0.238 e. The number of hydrogen-bond donors (Lipinski definition) is 2. The number of piperazine rings is 1. The fourth-order valence-electron chi connectivity index (χ4n) is 3.02. The second kappa shape index (κ2) is 9.64. The van der Waals surface area contributed by atoms with Gasteiger partial charge < -0.3 is 10.6 Å². The molecule has 1 aliphatic heterocycles. The van der Waals surface area contributed by atoms with Crippen LogP contribution in [0.25, 0.3) is 0 Å². The van der Waals surface area contributed by atoms with E-state index in [2.05, 4.69) is 10.6 Å². The minimum absolute atomic E-state index is 0.126. The molecular weight excluding hydrogens is 383 g/mol.